The molecule has 0 aliphatic carbocycles. The number of fused-ring (bicyclic) bond motifs is 3. The maximum atomic E-state index is 5.29. The Morgan fingerprint density at radius 2 is 0.772 bits per heavy atom. The lowest BCUT2D eigenvalue weighted by Crippen LogP contribution is -2.12. The second-order valence-corrected chi connectivity index (χ2v) is 13.8. The van der Waals surface area contributed by atoms with Crippen LogP contribution >= 0.6 is 0 Å². The van der Waals surface area contributed by atoms with Gasteiger partial charge in [-0.3, -0.25) is 4.90 Å². The molecule has 0 spiro atoms. The molecule has 0 fully saturated rings. The molecule has 0 radical (unpaired) electrons. The van der Waals surface area contributed by atoms with Crippen LogP contribution in [0.15, 0.2) is 206 Å². The van der Waals surface area contributed by atoms with E-state index in [0.29, 0.717) is 28.9 Å². The van der Waals surface area contributed by atoms with Gasteiger partial charge in [0.25, 0.3) is 0 Å². The predicted octanol–water partition coefficient (Wildman–Crippen LogP) is 12.8. The number of benzene rings is 7. The maximum absolute atomic E-state index is 5.29. The molecule has 3 heterocycles. The second kappa shape index (κ2) is 14.8. The Morgan fingerprint density at radius 1 is 0.281 bits per heavy atom. The van der Waals surface area contributed by atoms with Gasteiger partial charge in [-0.15, -0.1) is 0 Å². The van der Waals surface area contributed by atoms with Gasteiger partial charge in [0.05, 0.1) is 11.4 Å². The minimum absolute atomic E-state index is 0.490. The first kappa shape index (κ1) is 33.7. The van der Waals surface area contributed by atoms with Crippen LogP contribution in [0.25, 0.3) is 78.4 Å². The van der Waals surface area contributed by atoms with E-state index in [0.717, 1.165) is 39.6 Å². The van der Waals surface area contributed by atoms with Gasteiger partial charge in [-0.1, -0.05) is 158 Å². The third-order valence-electron chi connectivity index (χ3n) is 10.1. The molecule has 6 heteroatoms. The van der Waals surface area contributed by atoms with Crippen molar-refractivity contribution in [2.75, 3.05) is 4.90 Å². The van der Waals surface area contributed by atoms with Gasteiger partial charge < -0.3 is 0 Å². The maximum Gasteiger partial charge on any atom is 0.182 e. The van der Waals surface area contributed by atoms with Crippen LogP contribution in [-0.4, -0.2) is 24.9 Å². The van der Waals surface area contributed by atoms with Crippen LogP contribution in [0.3, 0.4) is 0 Å². The van der Waals surface area contributed by atoms with Crippen molar-refractivity contribution in [3.8, 4) is 56.8 Å². The molecule has 57 heavy (non-hydrogen) atoms. The average Bonchev–Trinajstić information content (AvgIpc) is 3.30. The van der Waals surface area contributed by atoms with Crippen LogP contribution in [0, 0.1) is 0 Å². The van der Waals surface area contributed by atoms with Gasteiger partial charge in [0.15, 0.2) is 17.5 Å². The van der Waals surface area contributed by atoms with Crippen LogP contribution in [0.5, 0.6) is 0 Å². The van der Waals surface area contributed by atoms with Crippen LogP contribution < -0.4 is 4.90 Å². The van der Waals surface area contributed by atoms with E-state index in [-0.39, 0.29) is 0 Å². The minimum atomic E-state index is 0.490. The van der Waals surface area contributed by atoms with E-state index in [9.17, 15) is 0 Å². The van der Waals surface area contributed by atoms with Crippen LogP contribution in [0.4, 0.5) is 17.2 Å². The number of rotatable bonds is 8. The van der Waals surface area contributed by atoms with Gasteiger partial charge in [0.2, 0.25) is 0 Å². The highest BCUT2D eigenvalue weighted by Crippen LogP contribution is 2.38. The minimum Gasteiger partial charge on any atom is -0.295 e. The number of pyridine rings is 2. The number of aromatic nitrogens is 5. The summed E-state index contributed by atoms with van der Waals surface area (Å²) in [6, 6.07) is 70.6. The lowest BCUT2D eigenvalue weighted by atomic mass is 10.0. The molecule has 0 amide bonds. The molecule has 0 saturated heterocycles. The highest BCUT2D eigenvalue weighted by atomic mass is 15.2. The first-order chi connectivity index (χ1) is 28.2. The fraction of sp³-hybridized carbons (Fsp3) is 0. The summed E-state index contributed by atoms with van der Waals surface area (Å²) in [6.45, 7) is 0. The van der Waals surface area contributed by atoms with E-state index < -0.39 is 0 Å². The van der Waals surface area contributed by atoms with E-state index in [1.165, 1.54) is 27.1 Å². The number of anilines is 3. The summed E-state index contributed by atoms with van der Waals surface area (Å²) in [5.41, 5.74) is 8.20. The lowest BCUT2D eigenvalue weighted by Gasteiger charge is -2.25. The van der Waals surface area contributed by atoms with E-state index in [1.807, 2.05) is 97.1 Å². The summed E-state index contributed by atoms with van der Waals surface area (Å²) < 4.78 is 0. The van der Waals surface area contributed by atoms with Crippen molar-refractivity contribution in [3.05, 3.63) is 206 Å². The zero-order chi connectivity index (χ0) is 38.0. The summed E-state index contributed by atoms with van der Waals surface area (Å²) >= 11 is 0. The van der Waals surface area contributed by atoms with E-state index in [4.69, 9.17) is 24.9 Å². The van der Waals surface area contributed by atoms with Crippen LogP contribution in [-0.2, 0) is 0 Å². The Morgan fingerprint density at radius 3 is 1.46 bits per heavy atom. The zero-order valence-electron chi connectivity index (χ0n) is 30.8. The summed E-state index contributed by atoms with van der Waals surface area (Å²) in [5, 5.41) is 4.79. The molecule has 6 nitrogen and oxygen atoms in total. The quantitative estimate of drug-likeness (QED) is 0.145. The highest BCUT2D eigenvalue weighted by Gasteiger charge is 2.18. The summed E-state index contributed by atoms with van der Waals surface area (Å²) in [4.78, 5) is 27.3. The van der Waals surface area contributed by atoms with Crippen LogP contribution in [0.1, 0.15) is 0 Å². The summed E-state index contributed by atoms with van der Waals surface area (Å²) in [5.74, 6) is 2.43. The highest BCUT2D eigenvalue weighted by molar-refractivity contribution is 6.09. The van der Waals surface area contributed by atoms with Gasteiger partial charge in [-0.2, -0.15) is 0 Å². The molecule has 7 aromatic carbocycles. The molecule has 10 rings (SSSR count). The molecule has 0 unspecified atom stereocenters. The fourth-order valence-electron chi connectivity index (χ4n) is 7.29. The monoisotopic (exact) mass is 730 g/mol. The van der Waals surface area contributed by atoms with Crippen molar-refractivity contribution in [1.82, 2.24) is 24.9 Å². The molecule has 268 valence electrons. The van der Waals surface area contributed by atoms with Crippen molar-refractivity contribution in [2.45, 2.75) is 0 Å². The standard InChI is InChI=1S/C51H34N6/c1-4-14-35(15-5-1)36-28-31-41(32-29-36)57(42-33-30-38-27-26-37-16-10-11-21-43(37)44(38)34-42)48-25-13-23-46(53-48)45-22-12-24-47(52-45)51-55-49(39-17-6-2-7-18-39)54-50(56-51)40-19-8-3-9-20-40/h1-34H. The van der Waals surface area contributed by atoms with Crippen molar-refractivity contribution in [3.63, 3.8) is 0 Å². The van der Waals surface area contributed by atoms with Crippen molar-refractivity contribution >= 4 is 38.7 Å². The van der Waals surface area contributed by atoms with E-state index >= 15 is 0 Å². The lowest BCUT2D eigenvalue weighted by molar-refractivity contribution is 1.06. The van der Waals surface area contributed by atoms with Crippen molar-refractivity contribution in [1.29, 1.82) is 0 Å². The van der Waals surface area contributed by atoms with Gasteiger partial charge in [0.1, 0.15) is 11.5 Å². The Balaban J connectivity index is 1.08. The number of nitrogens with zero attached hydrogens (tertiary/aromatic N) is 6. The van der Waals surface area contributed by atoms with E-state index in [2.05, 4.69) is 114 Å². The third kappa shape index (κ3) is 6.77. The van der Waals surface area contributed by atoms with Crippen molar-refractivity contribution in [2.24, 2.45) is 0 Å². The zero-order valence-corrected chi connectivity index (χ0v) is 30.8. The molecule has 0 saturated carbocycles. The molecule has 0 aliphatic rings. The number of hydrogen-bond acceptors (Lipinski definition) is 6. The van der Waals surface area contributed by atoms with Gasteiger partial charge in [-0.25, -0.2) is 24.9 Å². The first-order valence-electron chi connectivity index (χ1n) is 18.9. The van der Waals surface area contributed by atoms with Crippen molar-refractivity contribution < 1.29 is 0 Å². The van der Waals surface area contributed by atoms with E-state index in [1.54, 1.807) is 0 Å². The van der Waals surface area contributed by atoms with Gasteiger partial charge in [0, 0.05) is 22.5 Å². The molecule has 0 atom stereocenters. The summed E-state index contributed by atoms with van der Waals surface area (Å²) in [7, 11) is 0. The Bertz CT molecular complexity index is 2950. The smallest absolute Gasteiger partial charge is 0.182 e. The van der Waals surface area contributed by atoms with Gasteiger partial charge in [-0.05, 0) is 81.2 Å². The fourth-order valence-corrected chi connectivity index (χ4v) is 7.29. The number of hydrogen-bond donors (Lipinski definition) is 0. The summed E-state index contributed by atoms with van der Waals surface area (Å²) in [6.07, 6.45) is 0. The normalized spacial score (nSPS) is 11.2. The SMILES string of the molecule is c1ccc(-c2ccc(N(c3ccc4ccc5ccccc5c4c3)c3cccc(-c4cccc(-c5nc(-c6ccccc6)nc(-c6ccccc6)n5)n4)n3)cc2)cc1. The molecule has 10 aromatic rings. The molecule has 0 bridgehead atoms. The Labute approximate surface area is 330 Å². The molecule has 3 aromatic heterocycles. The molecule has 0 N–H and O–H groups in total. The van der Waals surface area contributed by atoms with Crippen LogP contribution in [0.2, 0.25) is 0 Å². The average molecular weight is 731 g/mol. The predicted molar refractivity (Wildman–Crippen MR) is 232 cm³/mol. The third-order valence-corrected chi connectivity index (χ3v) is 10.1. The topological polar surface area (TPSA) is 67.7 Å². The Kier molecular flexibility index (Phi) is 8.74. The molecule has 0 aliphatic heterocycles. The largest absolute Gasteiger partial charge is 0.295 e. The molecular weight excluding hydrogens is 697 g/mol. The van der Waals surface area contributed by atoms with Gasteiger partial charge >= 0.3 is 0 Å². The molecular formula is C51H34N6. The Hall–Kier alpha value is -7.83. The second-order valence-electron chi connectivity index (χ2n) is 13.8. The first-order valence-corrected chi connectivity index (χ1v) is 18.9.